The Hall–Kier alpha value is -1.62. The standard InChI is InChI=1S/C21H34N4O/c1-17-19(18(2)24(3)23-17)10-11-20(26)22-16-21(12-6-4-7-13-21)25-14-8-5-9-15-25/h10-11H,4-9,12-16H2,1-3H3,(H,22,26)/b11-10+. The minimum absolute atomic E-state index is 0.00890. The van der Waals surface area contributed by atoms with Gasteiger partial charge in [-0.2, -0.15) is 5.10 Å². The molecule has 5 nitrogen and oxygen atoms in total. The van der Waals surface area contributed by atoms with Crippen molar-refractivity contribution in [2.45, 2.75) is 70.8 Å². The third kappa shape index (κ3) is 4.20. The van der Waals surface area contributed by atoms with Gasteiger partial charge in [-0.3, -0.25) is 14.4 Å². The molecule has 0 radical (unpaired) electrons. The van der Waals surface area contributed by atoms with Crippen LogP contribution >= 0.6 is 0 Å². The molecular weight excluding hydrogens is 324 g/mol. The highest BCUT2D eigenvalue weighted by molar-refractivity contribution is 5.92. The van der Waals surface area contributed by atoms with Crippen molar-refractivity contribution >= 4 is 12.0 Å². The Bertz CT molecular complexity index is 649. The Labute approximate surface area is 157 Å². The van der Waals surface area contributed by atoms with E-state index in [0.29, 0.717) is 0 Å². The molecule has 1 aromatic heterocycles. The van der Waals surface area contributed by atoms with Gasteiger partial charge >= 0.3 is 0 Å². The number of carbonyl (C=O) groups excluding carboxylic acids is 1. The summed E-state index contributed by atoms with van der Waals surface area (Å²) in [6.45, 7) is 7.18. The van der Waals surface area contributed by atoms with Crippen LogP contribution in [0.25, 0.3) is 6.08 Å². The molecule has 0 unspecified atom stereocenters. The monoisotopic (exact) mass is 358 g/mol. The number of aromatic nitrogens is 2. The van der Waals surface area contributed by atoms with Crippen LogP contribution in [0.2, 0.25) is 0 Å². The highest BCUT2D eigenvalue weighted by atomic mass is 16.1. The smallest absolute Gasteiger partial charge is 0.244 e. The van der Waals surface area contributed by atoms with Crippen molar-refractivity contribution in [3.63, 3.8) is 0 Å². The quantitative estimate of drug-likeness (QED) is 0.821. The third-order valence-corrected chi connectivity index (χ3v) is 6.37. The van der Waals surface area contributed by atoms with Crippen molar-refractivity contribution in [1.82, 2.24) is 20.0 Å². The maximum atomic E-state index is 12.5. The Balaban J connectivity index is 1.63. The molecule has 1 amide bonds. The van der Waals surface area contributed by atoms with Gasteiger partial charge in [0.05, 0.1) is 5.69 Å². The van der Waals surface area contributed by atoms with Crippen molar-refractivity contribution in [2.24, 2.45) is 7.05 Å². The van der Waals surface area contributed by atoms with Gasteiger partial charge in [0.15, 0.2) is 0 Å². The van der Waals surface area contributed by atoms with Gasteiger partial charge < -0.3 is 5.32 Å². The number of nitrogens with one attached hydrogen (secondary N) is 1. The topological polar surface area (TPSA) is 50.2 Å². The summed E-state index contributed by atoms with van der Waals surface area (Å²) in [5.41, 5.74) is 3.28. The molecule has 0 spiro atoms. The predicted octanol–water partition coefficient (Wildman–Crippen LogP) is 3.36. The lowest BCUT2D eigenvalue weighted by Crippen LogP contribution is -2.58. The summed E-state index contributed by atoms with van der Waals surface area (Å²) in [4.78, 5) is 15.1. The number of aryl methyl sites for hydroxylation is 2. The SMILES string of the molecule is Cc1nn(C)c(C)c1/C=C/C(=O)NCC1(N2CCCCC2)CCCCC1. The summed E-state index contributed by atoms with van der Waals surface area (Å²) < 4.78 is 1.86. The molecule has 26 heavy (non-hydrogen) atoms. The molecule has 2 aliphatic rings. The van der Waals surface area contributed by atoms with Crippen LogP contribution in [0.1, 0.15) is 68.3 Å². The lowest BCUT2D eigenvalue weighted by molar-refractivity contribution is -0.117. The van der Waals surface area contributed by atoms with Crippen LogP contribution in [0, 0.1) is 13.8 Å². The van der Waals surface area contributed by atoms with Crippen LogP contribution in [0.5, 0.6) is 0 Å². The van der Waals surface area contributed by atoms with Crippen LogP contribution in [0.4, 0.5) is 0 Å². The third-order valence-electron chi connectivity index (χ3n) is 6.37. The van der Waals surface area contributed by atoms with E-state index in [2.05, 4.69) is 15.3 Å². The average Bonchev–Trinajstić information content (AvgIpc) is 2.91. The number of hydrogen-bond donors (Lipinski definition) is 1. The van der Waals surface area contributed by atoms with Crippen LogP contribution < -0.4 is 5.32 Å². The number of nitrogens with zero attached hydrogens (tertiary/aromatic N) is 3. The van der Waals surface area contributed by atoms with Crippen LogP contribution in [0.15, 0.2) is 6.08 Å². The van der Waals surface area contributed by atoms with Crippen molar-refractivity contribution in [1.29, 1.82) is 0 Å². The number of amides is 1. The number of piperidine rings is 1. The van der Waals surface area contributed by atoms with Gasteiger partial charge in [0.1, 0.15) is 0 Å². The zero-order chi connectivity index (χ0) is 18.6. The fourth-order valence-electron chi connectivity index (χ4n) is 4.68. The average molecular weight is 359 g/mol. The molecular formula is C21H34N4O. The summed E-state index contributed by atoms with van der Waals surface area (Å²) >= 11 is 0. The summed E-state index contributed by atoms with van der Waals surface area (Å²) in [5, 5.41) is 7.62. The highest BCUT2D eigenvalue weighted by Gasteiger charge is 2.38. The first-order valence-electron chi connectivity index (χ1n) is 10.2. The molecule has 0 aromatic carbocycles. The Morgan fingerprint density at radius 2 is 1.77 bits per heavy atom. The zero-order valence-electron chi connectivity index (χ0n) is 16.7. The van der Waals surface area contributed by atoms with Crippen molar-refractivity contribution < 1.29 is 4.79 Å². The highest BCUT2D eigenvalue weighted by Crippen LogP contribution is 2.35. The van der Waals surface area contributed by atoms with Gasteiger partial charge in [0.2, 0.25) is 5.91 Å². The molecule has 1 N–H and O–H groups in total. The Morgan fingerprint density at radius 3 is 2.38 bits per heavy atom. The first kappa shape index (κ1) is 19.2. The lowest BCUT2D eigenvalue weighted by atomic mass is 9.79. The number of likely N-dealkylation sites (tertiary alicyclic amines) is 1. The molecule has 1 saturated carbocycles. The van der Waals surface area contributed by atoms with E-state index in [1.807, 2.05) is 31.7 Å². The first-order chi connectivity index (χ1) is 12.5. The van der Waals surface area contributed by atoms with Gasteiger partial charge in [-0.15, -0.1) is 0 Å². The first-order valence-corrected chi connectivity index (χ1v) is 10.2. The maximum Gasteiger partial charge on any atom is 0.244 e. The normalized spacial score (nSPS) is 21.2. The molecule has 1 aromatic rings. The van der Waals surface area contributed by atoms with E-state index in [-0.39, 0.29) is 11.4 Å². The molecule has 5 heteroatoms. The van der Waals surface area contributed by atoms with Crippen molar-refractivity contribution in [3.05, 3.63) is 23.0 Å². The zero-order valence-corrected chi connectivity index (χ0v) is 16.7. The van der Waals surface area contributed by atoms with E-state index < -0.39 is 0 Å². The van der Waals surface area contributed by atoms with E-state index >= 15 is 0 Å². The fraction of sp³-hybridized carbons (Fsp3) is 0.714. The Morgan fingerprint density at radius 1 is 1.12 bits per heavy atom. The molecule has 144 valence electrons. The fourth-order valence-corrected chi connectivity index (χ4v) is 4.68. The van der Waals surface area contributed by atoms with Gasteiger partial charge in [-0.1, -0.05) is 25.7 Å². The molecule has 2 heterocycles. The minimum Gasteiger partial charge on any atom is -0.351 e. The second kappa shape index (κ2) is 8.38. The maximum absolute atomic E-state index is 12.5. The molecule has 0 atom stereocenters. The summed E-state index contributed by atoms with van der Waals surface area (Å²) in [6, 6.07) is 0. The summed E-state index contributed by atoms with van der Waals surface area (Å²) in [7, 11) is 1.94. The molecule has 1 aliphatic carbocycles. The second-order valence-electron chi connectivity index (χ2n) is 8.09. The lowest BCUT2D eigenvalue weighted by Gasteiger charge is -2.48. The molecule has 3 rings (SSSR count). The number of carbonyl (C=O) groups is 1. The second-order valence-corrected chi connectivity index (χ2v) is 8.09. The molecule has 1 aliphatic heterocycles. The molecule has 0 bridgehead atoms. The molecule has 1 saturated heterocycles. The van der Waals surface area contributed by atoms with Gasteiger partial charge in [-0.25, -0.2) is 0 Å². The van der Waals surface area contributed by atoms with Crippen LogP contribution in [0.3, 0.4) is 0 Å². The van der Waals surface area contributed by atoms with E-state index in [9.17, 15) is 4.79 Å². The predicted molar refractivity (Wildman–Crippen MR) is 106 cm³/mol. The summed E-state index contributed by atoms with van der Waals surface area (Å²) in [6.07, 6.45) is 13.9. The summed E-state index contributed by atoms with van der Waals surface area (Å²) in [5.74, 6) is 0.00890. The Kier molecular flexibility index (Phi) is 6.17. The van der Waals surface area contributed by atoms with E-state index in [0.717, 1.165) is 23.5 Å². The van der Waals surface area contributed by atoms with Crippen molar-refractivity contribution in [3.8, 4) is 0 Å². The van der Waals surface area contributed by atoms with Gasteiger partial charge in [-0.05, 0) is 58.7 Å². The van der Waals surface area contributed by atoms with Crippen molar-refractivity contribution in [2.75, 3.05) is 19.6 Å². The largest absolute Gasteiger partial charge is 0.351 e. The van der Waals surface area contributed by atoms with Crippen LogP contribution in [-0.2, 0) is 11.8 Å². The minimum atomic E-state index is 0.00890. The van der Waals surface area contributed by atoms with Gasteiger partial charge in [0, 0.05) is 36.5 Å². The number of rotatable bonds is 5. The number of hydrogen-bond acceptors (Lipinski definition) is 3. The van der Waals surface area contributed by atoms with Gasteiger partial charge in [0.25, 0.3) is 0 Å². The molecule has 2 fully saturated rings. The van der Waals surface area contributed by atoms with E-state index in [1.54, 1.807) is 6.08 Å². The van der Waals surface area contributed by atoms with E-state index in [4.69, 9.17) is 0 Å². The van der Waals surface area contributed by atoms with Crippen LogP contribution in [-0.4, -0.2) is 45.8 Å². The van der Waals surface area contributed by atoms with E-state index in [1.165, 1.54) is 64.5 Å².